The summed E-state index contributed by atoms with van der Waals surface area (Å²) in [7, 11) is 0. The Balaban J connectivity index is 1.82. The average Bonchev–Trinajstić information content (AvgIpc) is 3.33. The van der Waals surface area contributed by atoms with Crippen LogP contribution >= 0.6 is 23.2 Å². The zero-order valence-corrected chi connectivity index (χ0v) is 20.1. The van der Waals surface area contributed by atoms with Gasteiger partial charge in [-0.05, 0) is 36.4 Å². The number of anilines is 2. The zero-order valence-electron chi connectivity index (χ0n) is 18.6. The van der Waals surface area contributed by atoms with Gasteiger partial charge < -0.3 is 14.8 Å². The summed E-state index contributed by atoms with van der Waals surface area (Å²) >= 11 is 12.3. The van der Waals surface area contributed by atoms with Gasteiger partial charge in [0.05, 0.1) is 16.7 Å². The molecule has 0 bridgehead atoms. The van der Waals surface area contributed by atoms with E-state index >= 15 is 0 Å². The molecule has 2 amide bonds. The smallest absolute Gasteiger partial charge is 0.465 e. The van der Waals surface area contributed by atoms with E-state index in [0.29, 0.717) is 5.52 Å². The number of fused-ring (bicyclic) bond motifs is 2. The third-order valence-corrected chi connectivity index (χ3v) is 6.15. The highest BCUT2D eigenvalue weighted by atomic mass is 35.5. The first kappa shape index (κ1) is 25.4. The monoisotopic (exact) mass is 564 g/mol. The number of benzene rings is 3. The highest BCUT2D eigenvalue weighted by Gasteiger charge is 2.58. The van der Waals surface area contributed by atoms with Gasteiger partial charge in [0.15, 0.2) is 0 Å². The molecule has 1 unspecified atom stereocenters. The fourth-order valence-electron chi connectivity index (χ4n) is 4.33. The summed E-state index contributed by atoms with van der Waals surface area (Å²) in [6.45, 7) is 0. The molecular weight excluding hydrogens is 552 g/mol. The summed E-state index contributed by atoms with van der Waals surface area (Å²) in [5.41, 5.74) is -2.29. The number of alkyl halides is 3. The number of carbonyl (C=O) groups excluding carboxylic acids is 2. The molecule has 1 atom stereocenters. The summed E-state index contributed by atoms with van der Waals surface area (Å²) in [6.07, 6.45) is -6.82. The van der Waals surface area contributed by atoms with E-state index < -0.39 is 29.9 Å². The van der Waals surface area contributed by atoms with E-state index in [-0.39, 0.29) is 43.9 Å². The largest absolute Gasteiger partial charge is 0.491 e. The summed E-state index contributed by atoms with van der Waals surface area (Å²) < 4.78 is 46.0. The first-order valence-corrected chi connectivity index (χ1v) is 11.4. The molecule has 9 nitrogen and oxygen atoms in total. The fourth-order valence-corrected chi connectivity index (χ4v) is 4.84. The Labute approximate surface area is 220 Å². The van der Waals surface area contributed by atoms with Gasteiger partial charge in [-0.3, -0.25) is 15.0 Å². The predicted octanol–water partition coefficient (Wildman–Crippen LogP) is 5.93. The van der Waals surface area contributed by atoms with Crippen molar-refractivity contribution in [3.63, 3.8) is 0 Å². The lowest BCUT2D eigenvalue weighted by atomic mass is 9.92. The van der Waals surface area contributed by atoms with Crippen LogP contribution in [0.15, 0.2) is 60.7 Å². The van der Waals surface area contributed by atoms with Crippen molar-refractivity contribution >= 4 is 63.8 Å². The number of nitrogens with one attached hydrogen (secondary N) is 2. The number of H-pyrrole nitrogens is 1. The van der Waals surface area contributed by atoms with E-state index in [1.54, 1.807) is 0 Å². The van der Waals surface area contributed by atoms with Crippen molar-refractivity contribution in [2.75, 3.05) is 10.2 Å². The normalized spacial score (nSPS) is 17.0. The number of esters is 1. The zero-order chi connectivity index (χ0) is 27.4. The molecule has 1 aliphatic heterocycles. The van der Waals surface area contributed by atoms with Crippen LogP contribution in [0.3, 0.4) is 0 Å². The summed E-state index contributed by atoms with van der Waals surface area (Å²) in [5, 5.41) is 11.2. The molecule has 3 N–H and O–H groups in total. The van der Waals surface area contributed by atoms with Crippen molar-refractivity contribution in [3.05, 3.63) is 87.4 Å². The van der Waals surface area contributed by atoms with Crippen LogP contribution in [-0.4, -0.2) is 39.2 Å². The molecule has 4 aromatic rings. The van der Waals surface area contributed by atoms with E-state index in [9.17, 15) is 27.6 Å². The van der Waals surface area contributed by atoms with E-state index in [1.165, 1.54) is 60.7 Å². The number of ether oxygens (including phenoxy) is 1. The highest BCUT2D eigenvalue weighted by molar-refractivity contribution is 6.35. The van der Waals surface area contributed by atoms with Crippen LogP contribution < -0.4 is 10.2 Å². The molecule has 38 heavy (non-hydrogen) atoms. The summed E-state index contributed by atoms with van der Waals surface area (Å²) in [6, 6.07) is 13.6. The van der Waals surface area contributed by atoms with Crippen molar-refractivity contribution < 1.29 is 37.4 Å². The minimum absolute atomic E-state index is 0.0334. The number of halogens is 5. The van der Waals surface area contributed by atoms with Gasteiger partial charge in [-0.1, -0.05) is 47.5 Å². The van der Waals surface area contributed by atoms with E-state index in [4.69, 9.17) is 33.0 Å². The number of amides is 2. The van der Waals surface area contributed by atoms with Crippen LogP contribution in [0.4, 0.5) is 29.6 Å². The Kier molecular flexibility index (Phi) is 5.96. The number of carboxylic acid groups (broad SMARTS) is 1. The first-order valence-electron chi connectivity index (χ1n) is 10.6. The van der Waals surface area contributed by atoms with Crippen molar-refractivity contribution in [1.82, 2.24) is 9.97 Å². The van der Waals surface area contributed by atoms with Crippen molar-refractivity contribution in [3.8, 4) is 0 Å². The molecular formula is C24H13Cl2F3N4O5. The Bertz CT molecular complexity index is 1620. The van der Waals surface area contributed by atoms with Crippen LogP contribution in [0, 0.1) is 0 Å². The maximum absolute atomic E-state index is 13.7. The molecule has 0 spiro atoms. The lowest BCUT2D eigenvalue weighted by Crippen LogP contribution is -2.50. The minimum Gasteiger partial charge on any atom is -0.465 e. The topological polar surface area (TPSA) is 125 Å². The number of nitrogens with zero attached hydrogens (tertiary/aromatic N) is 2. The van der Waals surface area contributed by atoms with Crippen molar-refractivity contribution in [1.29, 1.82) is 0 Å². The summed E-state index contributed by atoms with van der Waals surface area (Å²) in [5.74, 6) is -3.51. The molecule has 1 aromatic heterocycles. The second kappa shape index (κ2) is 8.92. The van der Waals surface area contributed by atoms with Crippen LogP contribution in [0.2, 0.25) is 10.0 Å². The fraction of sp³-hybridized carbons (Fsp3) is 0.0833. The standard InChI is InChI=1S/C24H13Cl2F3N4O5/c25-12-8-13(26)10-14(9-12)33-19(34)15-3-1-2-4-16(15)23(33,38-20(35)24(27,28)29)11-5-6-17-18(7-11)31-21(30-17)32-22(36)37/h1-10H,(H,36,37)(H2,30,31,32). The Morgan fingerprint density at radius 1 is 1.05 bits per heavy atom. The van der Waals surface area contributed by atoms with Gasteiger partial charge in [0.1, 0.15) is 0 Å². The van der Waals surface area contributed by atoms with Crippen LogP contribution in [0.1, 0.15) is 21.5 Å². The van der Waals surface area contributed by atoms with Crippen molar-refractivity contribution in [2.24, 2.45) is 0 Å². The lowest BCUT2D eigenvalue weighted by Gasteiger charge is -2.39. The van der Waals surface area contributed by atoms with Gasteiger partial charge in [-0.15, -0.1) is 0 Å². The molecule has 1 aliphatic rings. The molecule has 14 heteroatoms. The lowest BCUT2D eigenvalue weighted by molar-refractivity contribution is -0.211. The van der Waals surface area contributed by atoms with Gasteiger partial charge in [-0.25, -0.2) is 14.6 Å². The van der Waals surface area contributed by atoms with Crippen LogP contribution in [0.5, 0.6) is 0 Å². The second-order valence-electron chi connectivity index (χ2n) is 8.09. The molecule has 0 saturated heterocycles. The minimum atomic E-state index is -5.42. The summed E-state index contributed by atoms with van der Waals surface area (Å²) in [4.78, 5) is 44.8. The third kappa shape index (κ3) is 4.17. The molecule has 194 valence electrons. The number of imidazole rings is 1. The van der Waals surface area contributed by atoms with Crippen LogP contribution in [-0.2, 0) is 15.3 Å². The number of aromatic amines is 1. The molecule has 0 radical (unpaired) electrons. The Morgan fingerprint density at radius 3 is 2.39 bits per heavy atom. The molecule has 0 fully saturated rings. The maximum Gasteiger partial charge on any atom is 0.491 e. The highest BCUT2D eigenvalue weighted by Crippen LogP contribution is 2.49. The SMILES string of the molecule is O=C(O)Nc1nc2cc(C3(OC(=O)C(F)(F)F)c4ccccc4C(=O)N3c3cc(Cl)cc(Cl)c3)ccc2[nH]1. The quantitative estimate of drug-likeness (QED) is 0.264. The van der Waals surface area contributed by atoms with E-state index in [1.807, 2.05) is 5.32 Å². The maximum atomic E-state index is 13.7. The third-order valence-electron chi connectivity index (χ3n) is 5.72. The van der Waals surface area contributed by atoms with Crippen LogP contribution in [0.25, 0.3) is 11.0 Å². The molecule has 3 aromatic carbocycles. The Hall–Kier alpha value is -4.29. The number of aromatic nitrogens is 2. The predicted molar refractivity (Wildman–Crippen MR) is 130 cm³/mol. The first-order chi connectivity index (χ1) is 17.9. The average molecular weight is 565 g/mol. The number of rotatable bonds is 4. The number of carbonyl (C=O) groups is 3. The van der Waals surface area contributed by atoms with Gasteiger partial charge in [0.2, 0.25) is 11.7 Å². The van der Waals surface area contributed by atoms with Gasteiger partial charge in [-0.2, -0.15) is 13.2 Å². The van der Waals surface area contributed by atoms with Gasteiger partial charge >= 0.3 is 18.2 Å². The molecule has 2 heterocycles. The Morgan fingerprint density at radius 2 is 1.74 bits per heavy atom. The van der Waals surface area contributed by atoms with Crippen molar-refractivity contribution in [2.45, 2.75) is 11.9 Å². The van der Waals surface area contributed by atoms with Gasteiger partial charge in [0, 0.05) is 26.7 Å². The van der Waals surface area contributed by atoms with E-state index in [0.717, 1.165) is 4.90 Å². The van der Waals surface area contributed by atoms with E-state index in [2.05, 4.69) is 9.97 Å². The molecule has 5 rings (SSSR count). The number of hydrogen-bond donors (Lipinski definition) is 3. The molecule has 0 aliphatic carbocycles. The molecule has 0 saturated carbocycles. The van der Waals surface area contributed by atoms with Gasteiger partial charge in [0.25, 0.3) is 5.91 Å². The number of hydrogen-bond acceptors (Lipinski definition) is 5. The second-order valence-corrected chi connectivity index (χ2v) is 8.97.